The van der Waals surface area contributed by atoms with Crippen LogP contribution in [0.2, 0.25) is 0 Å². The highest BCUT2D eigenvalue weighted by Gasteiger charge is 2.25. The number of unbranched alkanes of at least 4 members (excludes halogenated alkanes) is 2. The molecule has 2 N–H and O–H groups in total. The van der Waals surface area contributed by atoms with Crippen molar-refractivity contribution in [3.63, 3.8) is 0 Å². The maximum Gasteiger partial charge on any atom is 0.348 e. The predicted molar refractivity (Wildman–Crippen MR) is 129 cm³/mol. The van der Waals surface area contributed by atoms with E-state index in [1.807, 2.05) is 44.2 Å². The average Bonchev–Trinajstić information content (AvgIpc) is 3.43. The lowest BCUT2D eigenvalue weighted by atomic mass is 10.00. The third kappa shape index (κ3) is 7.39. The van der Waals surface area contributed by atoms with E-state index in [0.29, 0.717) is 17.9 Å². The van der Waals surface area contributed by atoms with Crippen molar-refractivity contribution in [2.24, 2.45) is 0 Å². The van der Waals surface area contributed by atoms with Gasteiger partial charge in [0, 0.05) is 11.3 Å². The number of esters is 1. The van der Waals surface area contributed by atoms with Crippen LogP contribution < -0.4 is 5.32 Å². The van der Waals surface area contributed by atoms with Crippen LogP contribution in [0.25, 0.3) is 0 Å². The summed E-state index contributed by atoms with van der Waals surface area (Å²) in [5.41, 5.74) is 1.83. The molecule has 0 spiro atoms. The smallest absolute Gasteiger partial charge is 0.348 e. The Morgan fingerprint density at radius 3 is 2.52 bits per heavy atom. The second-order valence-corrected chi connectivity index (χ2v) is 9.97. The number of ether oxygens (including phenoxy) is 2. The summed E-state index contributed by atoms with van der Waals surface area (Å²) in [7, 11) is 0. The zero-order valence-electron chi connectivity index (χ0n) is 19.7. The summed E-state index contributed by atoms with van der Waals surface area (Å²) in [6.07, 6.45) is 4.24. The number of benzene rings is 1. The van der Waals surface area contributed by atoms with Gasteiger partial charge in [-0.15, -0.1) is 11.3 Å². The van der Waals surface area contributed by atoms with Crippen molar-refractivity contribution in [3.8, 4) is 0 Å². The SMILES string of the molecule is CCCCCC(O)c1ccc([C@@H](OCC2CCC(=O)N2)c2ccc(C(=O)OC(C)C)s2)cc1. The molecule has 7 heteroatoms. The Morgan fingerprint density at radius 2 is 1.88 bits per heavy atom. The van der Waals surface area contributed by atoms with Gasteiger partial charge in [-0.3, -0.25) is 4.79 Å². The summed E-state index contributed by atoms with van der Waals surface area (Å²) in [6, 6.07) is 11.5. The fourth-order valence-electron chi connectivity index (χ4n) is 3.88. The maximum absolute atomic E-state index is 12.3. The van der Waals surface area contributed by atoms with Crippen molar-refractivity contribution in [1.29, 1.82) is 0 Å². The summed E-state index contributed by atoms with van der Waals surface area (Å²) in [5.74, 6) is -0.287. The molecule has 2 unspecified atom stereocenters. The quantitative estimate of drug-likeness (QED) is 0.322. The first-order valence-electron chi connectivity index (χ1n) is 11.9. The molecule has 3 rings (SSSR count). The molecule has 33 heavy (non-hydrogen) atoms. The molecular weight excluding hydrogens is 438 g/mol. The molecule has 1 aromatic heterocycles. The van der Waals surface area contributed by atoms with Crippen LogP contribution in [0.3, 0.4) is 0 Å². The number of aliphatic hydroxyl groups excluding tert-OH is 1. The Kier molecular flexibility index (Phi) is 9.47. The van der Waals surface area contributed by atoms with E-state index in [-0.39, 0.29) is 30.1 Å². The molecule has 2 heterocycles. The van der Waals surface area contributed by atoms with Gasteiger partial charge in [0.15, 0.2) is 0 Å². The van der Waals surface area contributed by atoms with E-state index in [1.54, 1.807) is 6.07 Å². The lowest BCUT2D eigenvalue weighted by Crippen LogP contribution is -2.30. The predicted octanol–water partition coefficient (Wildman–Crippen LogP) is 5.31. The van der Waals surface area contributed by atoms with E-state index in [9.17, 15) is 14.7 Å². The molecule has 1 amide bonds. The largest absolute Gasteiger partial charge is 0.459 e. The number of thiophene rings is 1. The molecule has 0 bridgehead atoms. The van der Waals surface area contributed by atoms with Crippen molar-refractivity contribution in [1.82, 2.24) is 5.32 Å². The molecule has 0 saturated carbocycles. The molecule has 1 aliphatic heterocycles. The van der Waals surface area contributed by atoms with E-state index in [2.05, 4.69) is 12.2 Å². The minimum absolute atomic E-state index is 0.00926. The van der Waals surface area contributed by atoms with Crippen LogP contribution >= 0.6 is 11.3 Å². The normalized spacial score (nSPS) is 17.7. The van der Waals surface area contributed by atoms with Gasteiger partial charge in [0.1, 0.15) is 11.0 Å². The molecule has 180 valence electrons. The molecule has 1 aliphatic rings. The minimum atomic E-state index is -0.474. The van der Waals surface area contributed by atoms with E-state index in [0.717, 1.165) is 48.1 Å². The molecule has 0 radical (unpaired) electrons. The first-order valence-corrected chi connectivity index (χ1v) is 12.7. The van der Waals surface area contributed by atoms with Gasteiger partial charge in [0.05, 0.1) is 24.9 Å². The second-order valence-electron chi connectivity index (χ2n) is 8.85. The monoisotopic (exact) mass is 473 g/mol. The first-order chi connectivity index (χ1) is 15.9. The fourth-order valence-corrected chi connectivity index (χ4v) is 4.85. The number of carbonyl (C=O) groups is 2. The number of carbonyl (C=O) groups excluding carboxylic acids is 2. The fraction of sp³-hybridized carbons (Fsp3) is 0.538. The Labute approximate surface area is 200 Å². The Bertz CT molecular complexity index is 908. The van der Waals surface area contributed by atoms with Crippen LogP contribution in [0.1, 0.15) is 97.2 Å². The lowest BCUT2D eigenvalue weighted by molar-refractivity contribution is -0.119. The van der Waals surface area contributed by atoms with Gasteiger partial charge in [-0.2, -0.15) is 0 Å². The van der Waals surface area contributed by atoms with Crippen molar-refractivity contribution in [2.75, 3.05) is 6.61 Å². The van der Waals surface area contributed by atoms with Gasteiger partial charge in [-0.05, 0) is 49.9 Å². The number of hydrogen-bond donors (Lipinski definition) is 2. The van der Waals surface area contributed by atoms with Gasteiger partial charge >= 0.3 is 5.97 Å². The number of aliphatic hydroxyl groups is 1. The van der Waals surface area contributed by atoms with E-state index in [4.69, 9.17) is 9.47 Å². The number of rotatable bonds is 12. The standard InChI is InChI=1S/C26H35NO5S/c1-4-5-6-7-21(28)18-8-10-19(11-9-18)25(31-16-20-12-15-24(29)27-20)22-13-14-23(33-22)26(30)32-17(2)3/h8-11,13-14,17,20-21,25,28H,4-7,12,15-16H2,1-3H3,(H,27,29)/t20?,21?,25-/m1/s1. The summed E-state index contributed by atoms with van der Waals surface area (Å²) >= 11 is 1.36. The van der Waals surface area contributed by atoms with Crippen molar-refractivity contribution in [3.05, 3.63) is 57.3 Å². The van der Waals surface area contributed by atoms with Crippen molar-refractivity contribution < 1.29 is 24.2 Å². The van der Waals surface area contributed by atoms with Gasteiger partial charge in [0.25, 0.3) is 0 Å². The molecular formula is C26H35NO5S. The molecule has 0 aliphatic carbocycles. The molecule has 6 nitrogen and oxygen atoms in total. The third-order valence-corrected chi connectivity index (χ3v) is 6.79. The van der Waals surface area contributed by atoms with Crippen LogP contribution in [-0.4, -0.2) is 35.7 Å². The van der Waals surface area contributed by atoms with E-state index < -0.39 is 6.10 Å². The van der Waals surface area contributed by atoms with Gasteiger partial charge < -0.3 is 19.9 Å². The first kappa shape index (κ1) is 25.4. The van der Waals surface area contributed by atoms with Crippen LogP contribution in [0, 0.1) is 0 Å². The van der Waals surface area contributed by atoms with E-state index >= 15 is 0 Å². The van der Waals surface area contributed by atoms with Crippen LogP contribution in [0.5, 0.6) is 0 Å². The zero-order chi connectivity index (χ0) is 23.8. The average molecular weight is 474 g/mol. The van der Waals surface area contributed by atoms with Crippen LogP contribution in [0.4, 0.5) is 0 Å². The lowest BCUT2D eigenvalue weighted by Gasteiger charge is -2.21. The maximum atomic E-state index is 12.3. The number of nitrogens with one attached hydrogen (secondary N) is 1. The highest BCUT2D eigenvalue weighted by atomic mass is 32.1. The van der Waals surface area contributed by atoms with Crippen molar-refractivity contribution in [2.45, 2.75) is 83.6 Å². The number of amides is 1. The van der Waals surface area contributed by atoms with Gasteiger partial charge in [-0.25, -0.2) is 4.79 Å². The third-order valence-electron chi connectivity index (χ3n) is 5.68. The molecule has 1 fully saturated rings. The number of hydrogen-bond acceptors (Lipinski definition) is 6. The van der Waals surface area contributed by atoms with Gasteiger partial charge in [-0.1, -0.05) is 50.5 Å². The highest BCUT2D eigenvalue weighted by molar-refractivity contribution is 7.14. The molecule has 1 saturated heterocycles. The van der Waals surface area contributed by atoms with Crippen LogP contribution in [-0.2, 0) is 14.3 Å². The Hall–Kier alpha value is -2.22. The van der Waals surface area contributed by atoms with E-state index in [1.165, 1.54) is 11.3 Å². The zero-order valence-corrected chi connectivity index (χ0v) is 20.5. The molecule has 3 atom stereocenters. The van der Waals surface area contributed by atoms with Gasteiger partial charge in [0.2, 0.25) is 5.91 Å². The summed E-state index contributed by atoms with van der Waals surface area (Å²) in [6.45, 7) is 6.19. The van der Waals surface area contributed by atoms with Crippen molar-refractivity contribution >= 4 is 23.2 Å². The highest BCUT2D eigenvalue weighted by Crippen LogP contribution is 2.33. The summed E-state index contributed by atoms with van der Waals surface area (Å²) < 4.78 is 11.6. The second kappa shape index (κ2) is 12.3. The summed E-state index contributed by atoms with van der Waals surface area (Å²) in [5, 5.41) is 13.4. The molecule has 2 aromatic rings. The Balaban J connectivity index is 1.76. The topological polar surface area (TPSA) is 84.9 Å². The minimum Gasteiger partial charge on any atom is -0.459 e. The molecule has 1 aromatic carbocycles. The van der Waals surface area contributed by atoms with Crippen LogP contribution in [0.15, 0.2) is 36.4 Å². The summed E-state index contributed by atoms with van der Waals surface area (Å²) in [4.78, 5) is 25.3. The Morgan fingerprint density at radius 1 is 1.15 bits per heavy atom.